The van der Waals surface area contributed by atoms with Crippen molar-refractivity contribution in [2.45, 2.75) is 18.7 Å². The van der Waals surface area contributed by atoms with Crippen molar-refractivity contribution in [2.24, 2.45) is 0 Å². The number of nitrogens with one attached hydrogen (secondary N) is 2. The molecule has 150 valence electrons. The van der Waals surface area contributed by atoms with Crippen molar-refractivity contribution in [3.8, 4) is 0 Å². The van der Waals surface area contributed by atoms with Crippen molar-refractivity contribution < 1.29 is 17.9 Å². The van der Waals surface area contributed by atoms with Crippen LogP contribution in [0.2, 0.25) is 0 Å². The van der Waals surface area contributed by atoms with E-state index in [1.807, 2.05) is 32.0 Å². The van der Waals surface area contributed by atoms with Crippen LogP contribution in [0.15, 0.2) is 47.4 Å². The highest BCUT2D eigenvalue weighted by Crippen LogP contribution is 2.19. The van der Waals surface area contributed by atoms with E-state index in [-0.39, 0.29) is 17.3 Å². The van der Waals surface area contributed by atoms with Gasteiger partial charge in [-0.3, -0.25) is 4.79 Å². The maximum atomic E-state index is 12.6. The molecule has 0 aliphatic carbocycles. The van der Waals surface area contributed by atoms with Crippen molar-refractivity contribution in [1.29, 1.82) is 0 Å². The van der Waals surface area contributed by atoms with Crippen LogP contribution in [0.1, 0.15) is 11.1 Å². The lowest BCUT2D eigenvalue weighted by molar-refractivity contribution is -0.114. The van der Waals surface area contributed by atoms with Gasteiger partial charge in [0.25, 0.3) is 0 Å². The van der Waals surface area contributed by atoms with Crippen LogP contribution in [0.3, 0.4) is 0 Å². The van der Waals surface area contributed by atoms with Gasteiger partial charge in [-0.25, -0.2) is 8.42 Å². The molecule has 2 N–H and O–H groups in total. The van der Waals surface area contributed by atoms with Gasteiger partial charge in [0.05, 0.1) is 24.7 Å². The van der Waals surface area contributed by atoms with E-state index in [9.17, 15) is 13.2 Å². The van der Waals surface area contributed by atoms with Crippen molar-refractivity contribution in [3.63, 3.8) is 0 Å². The Morgan fingerprint density at radius 2 is 1.64 bits per heavy atom. The molecule has 0 spiro atoms. The number of ether oxygens (including phenoxy) is 1. The molecular weight excluding hydrogens is 378 g/mol. The monoisotopic (exact) mass is 403 g/mol. The molecule has 1 aliphatic rings. The first-order chi connectivity index (χ1) is 13.4. The Balaban J connectivity index is 1.57. The molecule has 1 amide bonds. The minimum absolute atomic E-state index is 0.121. The standard InChI is InChI=1S/C20H25N3O4S/c1-15-3-4-18(13-16(15)2)21-14-20(24)22-17-5-7-19(8-6-17)28(25,26)23-9-11-27-12-10-23/h3-8,13,21H,9-12,14H2,1-2H3,(H,22,24). The van der Waals surface area contributed by atoms with E-state index in [4.69, 9.17) is 4.74 Å². The topological polar surface area (TPSA) is 87.7 Å². The molecule has 0 aromatic heterocycles. The number of aryl methyl sites for hydroxylation is 2. The average Bonchev–Trinajstić information content (AvgIpc) is 2.70. The lowest BCUT2D eigenvalue weighted by atomic mass is 10.1. The van der Waals surface area contributed by atoms with Gasteiger partial charge in [-0.05, 0) is 61.4 Å². The zero-order valence-electron chi connectivity index (χ0n) is 16.1. The smallest absolute Gasteiger partial charge is 0.243 e. The fourth-order valence-corrected chi connectivity index (χ4v) is 4.29. The molecule has 28 heavy (non-hydrogen) atoms. The molecule has 0 atom stereocenters. The number of sulfonamides is 1. The Bertz CT molecular complexity index is 936. The molecule has 3 rings (SSSR count). The molecule has 0 radical (unpaired) electrons. The van der Waals surface area contributed by atoms with Crippen molar-refractivity contribution in [3.05, 3.63) is 53.6 Å². The number of morpholine rings is 1. The van der Waals surface area contributed by atoms with Crippen LogP contribution >= 0.6 is 0 Å². The summed E-state index contributed by atoms with van der Waals surface area (Å²) in [6.07, 6.45) is 0. The summed E-state index contributed by atoms with van der Waals surface area (Å²) in [7, 11) is -3.53. The predicted octanol–water partition coefficient (Wildman–Crippen LogP) is 2.37. The number of carbonyl (C=O) groups is 1. The second kappa shape index (κ2) is 8.72. The molecule has 0 bridgehead atoms. The van der Waals surface area contributed by atoms with Gasteiger partial charge in [-0.1, -0.05) is 6.07 Å². The quantitative estimate of drug-likeness (QED) is 0.773. The number of hydrogen-bond donors (Lipinski definition) is 2. The third-order valence-electron chi connectivity index (χ3n) is 4.71. The molecule has 1 aliphatic heterocycles. The van der Waals surface area contributed by atoms with Crippen LogP contribution in [-0.4, -0.2) is 51.5 Å². The van der Waals surface area contributed by atoms with E-state index in [1.165, 1.54) is 22.0 Å². The van der Waals surface area contributed by atoms with Crippen molar-refractivity contribution >= 4 is 27.3 Å². The van der Waals surface area contributed by atoms with Gasteiger partial charge < -0.3 is 15.4 Å². The molecule has 7 nitrogen and oxygen atoms in total. The Morgan fingerprint density at radius 3 is 2.29 bits per heavy atom. The molecular formula is C20H25N3O4S. The lowest BCUT2D eigenvalue weighted by Gasteiger charge is -2.26. The number of rotatable bonds is 6. The molecule has 2 aromatic rings. The number of nitrogens with zero attached hydrogens (tertiary/aromatic N) is 1. The highest BCUT2D eigenvalue weighted by Gasteiger charge is 2.26. The fourth-order valence-electron chi connectivity index (χ4n) is 2.89. The summed E-state index contributed by atoms with van der Waals surface area (Å²) < 4.78 is 31.8. The summed E-state index contributed by atoms with van der Waals surface area (Å²) in [5.74, 6) is -0.206. The van der Waals surface area contributed by atoms with Gasteiger partial charge in [-0.2, -0.15) is 4.31 Å². The normalized spacial score (nSPS) is 15.2. The van der Waals surface area contributed by atoms with Crippen LogP contribution in [-0.2, 0) is 19.6 Å². The summed E-state index contributed by atoms with van der Waals surface area (Å²) in [5, 5.41) is 5.85. The second-order valence-electron chi connectivity index (χ2n) is 6.74. The van der Waals surface area contributed by atoms with Gasteiger partial charge in [0, 0.05) is 24.5 Å². The van der Waals surface area contributed by atoms with Gasteiger partial charge in [-0.15, -0.1) is 0 Å². The maximum Gasteiger partial charge on any atom is 0.243 e. The fraction of sp³-hybridized carbons (Fsp3) is 0.350. The van der Waals surface area contributed by atoms with Crippen LogP contribution < -0.4 is 10.6 Å². The Kier molecular flexibility index (Phi) is 6.33. The van der Waals surface area contributed by atoms with E-state index < -0.39 is 10.0 Å². The van der Waals surface area contributed by atoms with Crippen molar-refractivity contribution in [1.82, 2.24) is 4.31 Å². The molecule has 1 fully saturated rings. The summed E-state index contributed by atoms with van der Waals surface area (Å²) in [6.45, 7) is 5.69. The first-order valence-electron chi connectivity index (χ1n) is 9.15. The minimum atomic E-state index is -3.53. The minimum Gasteiger partial charge on any atom is -0.379 e. The van der Waals surface area contributed by atoms with E-state index in [0.717, 1.165) is 11.3 Å². The molecule has 8 heteroatoms. The van der Waals surface area contributed by atoms with Gasteiger partial charge in [0.2, 0.25) is 15.9 Å². The number of benzene rings is 2. The van der Waals surface area contributed by atoms with Crippen LogP contribution in [0.5, 0.6) is 0 Å². The highest BCUT2D eigenvalue weighted by molar-refractivity contribution is 7.89. The molecule has 1 saturated heterocycles. The van der Waals surface area contributed by atoms with Gasteiger partial charge >= 0.3 is 0 Å². The third kappa shape index (κ3) is 4.89. The number of hydrogen-bond acceptors (Lipinski definition) is 5. The summed E-state index contributed by atoms with van der Waals surface area (Å²) >= 11 is 0. The highest BCUT2D eigenvalue weighted by atomic mass is 32.2. The van der Waals surface area contributed by atoms with E-state index in [0.29, 0.717) is 32.0 Å². The predicted molar refractivity (Wildman–Crippen MR) is 109 cm³/mol. The summed E-state index contributed by atoms with van der Waals surface area (Å²) in [6, 6.07) is 12.1. The van der Waals surface area contributed by atoms with E-state index in [1.54, 1.807) is 12.1 Å². The third-order valence-corrected chi connectivity index (χ3v) is 6.62. The number of amides is 1. The Morgan fingerprint density at radius 1 is 1.00 bits per heavy atom. The first kappa shape index (κ1) is 20.3. The van der Waals surface area contributed by atoms with Crippen LogP contribution in [0.25, 0.3) is 0 Å². The maximum absolute atomic E-state index is 12.6. The van der Waals surface area contributed by atoms with Crippen molar-refractivity contribution in [2.75, 3.05) is 43.5 Å². The average molecular weight is 404 g/mol. The Hall–Kier alpha value is -2.42. The number of carbonyl (C=O) groups excluding carboxylic acids is 1. The van der Waals surface area contributed by atoms with Crippen LogP contribution in [0.4, 0.5) is 11.4 Å². The zero-order chi connectivity index (χ0) is 20.1. The van der Waals surface area contributed by atoms with Gasteiger partial charge in [0.1, 0.15) is 0 Å². The lowest BCUT2D eigenvalue weighted by Crippen LogP contribution is -2.40. The van der Waals surface area contributed by atoms with E-state index in [2.05, 4.69) is 10.6 Å². The zero-order valence-corrected chi connectivity index (χ0v) is 16.9. The van der Waals surface area contributed by atoms with Crippen LogP contribution in [0, 0.1) is 13.8 Å². The largest absolute Gasteiger partial charge is 0.379 e. The molecule has 0 unspecified atom stereocenters. The molecule has 0 saturated carbocycles. The van der Waals surface area contributed by atoms with Gasteiger partial charge in [0.15, 0.2) is 0 Å². The first-order valence-corrected chi connectivity index (χ1v) is 10.6. The summed E-state index contributed by atoms with van der Waals surface area (Å²) in [5.41, 5.74) is 3.78. The molecule has 2 aromatic carbocycles. The molecule has 1 heterocycles. The second-order valence-corrected chi connectivity index (χ2v) is 8.68. The SMILES string of the molecule is Cc1ccc(NCC(=O)Nc2ccc(S(=O)(=O)N3CCOCC3)cc2)cc1C. The number of anilines is 2. The van der Waals surface area contributed by atoms with E-state index >= 15 is 0 Å². The summed E-state index contributed by atoms with van der Waals surface area (Å²) in [4.78, 5) is 12.4. The Labute approximate surface area is 165 Å².